The van der Waals surface area contributed by atoms with Crippen LogP contribution in [0.2, 0.25) is 0 Å². The first kappa shape index (κ1) is 13.0. The maximum absolute atomic E-state index is 11.5. The van der Waals surface area contributed by atoms with Gasteiger partial charge in [0.25, 0.3) is 5.69 Å². The molecule has 5 nitrogen and oxygen atoms in total. The van der Waals surface area contributed by atoms with Gasteiger partial charge in [0.1, 0.15) is 4.49 Å². The van der Waals surface area contributed by atoms with Crippen LogP contribution in [0.15, 0.2) is 39.1 Å². The van der Waals surface area contributed by atoms with Gasteiger partial charge in [-0.15, -0.1) is 0 Å². The fourth-order valence-corrected chi connectivity index (χ4v) is 2.59. The molecule has 0 atom stereocenters. The first-order chi connectivity index (χ1) is 7.33. The van der Waals surface area contributed by atoms with E-state index in [0.717, 1.165) is 6.07 Å². The van der Waals surface area contributed by atoms with E-state index < -0.39 is 19.3 Å². The largest absolute Gasteiger partial charge is 0.270 e. The second-order valence-electron chi connectivity index (χ2n) is 2.71. The average molecular weight is 282 g/mol. The maximum atomic E-state index is 11.5. The number of non-ortho nitro benzene ring substituents is 1. The molecule has 1 rings (SSSR count). The van der Waals surface area contributed by atoms with E-state index in [9.17, 15) is 18.5 Å². The van der Waals surface area contributed by atoms with Crippen LogP contribution in [-0.4, -0.2) is 13.3 Å². The first-order valence-corrected chi connectivity index (χ1v) is 6.15. The normalized spacial score (nSPS) is 10.9. The molecule has 0 spiro atoms. The van der Waals surface area contributed by atoms with Gasteiger partial charge in [-0.1, -0.05) is 29.3 Å². The molecule has 0 heterocycles. The van der Waals surface area contributed by atoms with Crippen LogP contribution in [0.4, 0.5) is 5.69 Å². The van der Waals surface area contributed by atoms with Gasteiger partial charge in [0, 0.05) is 12.1 Å². The lowest BCUT2D eigenvalue weighted by Crippen LogP contribution is -1.98. The second kappa shape index (κ2) is 4.82. The highest BCUT2D eigenvalue weighted by Gasteiger charge is 2.15. The Morgan fingerprint density at radius 1 is 1.38 bits per heavy atom. The highest BCUT2D eigenvalue weighted by atomic mass is 35.5. The van der Waals surface area contributed by atoms with Gasteiger partial charge in [-0.25, -0.2) is 8.42 Å². The number of sulfone groups is 1. The van der Waals surface area contributed by atoms with Gasteiger partial charge >= 0.3 is 0 Å². The van der Waals surface area contributed by atoms with Gasteiger partial charge in [-0.3, -0.25) is 10.1 Å². The molecule has 0 aromatic heterocycles. The molecule has 0 fully saturated rings. The molecule has 0 aliphatic rings. The lowest BCUT2D eigenvalue weighted by Gasteiger charge is -1.98. The number of nitro groups is 1. The molecule has 0 radical (unpaired) electrons. The van der Waals surface area contributed by atoms with E-state index >= 15 is 0 Å². The van der Waals surface area contributed by atoms with E-state index in [4.69, 9.17) is 23.2 Å². The van der Waals surface area contributed by atoms with Crippen LogP contribution in [0, 0.1) is 10.1 Å². The molecule has 0 bridgehead atoms. The molecule has 0 saturated heterocycles. The van der Waals surface area contributed by atoms with E-state index in [-0.39, 0.29) is 10.6 Å². The van der Waals surface area contributed by atoms with Crippen molar-refractivity contribution >= 4 is 38.7 Å². The van der Waals surface area contributed by atoms with E-state index in [1.165, 1.54) is 18.2 Å². The van der Waals surface area contributed by atoms with Crippen LogP contribution in [0.3, 0.4) is 0 Å². The van der Waals surface area contributed by atoms with Crippen LogP contribution in [0.1, 0.15) is 0 Å². The smallest absolute Gasteiger partial charge is 0.258 e. The Balaban J connectivity index is 3.30. The van der Waals surface area contributed by atoms with Crippen LogP contribution < -0.4 is 0 Å². The number of nitro benzene ring substituents is 1. The maximum Gasteiger partial charge on any atom is 0.270 e. The lowest BCUT2D eigenvalue weighted by molar-refractivity contribution is -0.385. The van der Waals surface area contributed by atoms with E-state index in [1.807, 2.05) is 0 Å². The van der Waals surface area contributed by atoms with Gasteiger partial charge < -0.3 is 0 Å². The Bertz CT molecular complexity index is 549. The van der Waals surface area contributed by atoms with Crippen molar-refractivity contribution in [1.82, 2.24) is 0 Å². The van der Waals surface area contributed by atoms with Crippen molar-refractivity contribution in [2.45, 2.75) is 4.90 Å². The monoisotopic (exact) mass is 281 g/mol. The van der Waals surface area contributed by atoms with Crippen molar-refractivity contribution in [3.8, 4) is 0 Å². The van der Waals surface area contributed by atoms with Crippen LogP contribution >= 0.6 is 23.2 Å². The number of hydrogen-bond acceptors (Lipinski definition) is 4. The quantitative estimate of drug-likeness (QED) is 0.630. The molecule has 0 unspecified atom stereocenters. The second-order valence-corrected chi connectivity index (χ2v) is 5.51. The zero-order valence-corrected chi connectivity index (χ0v) is 9.96. The minimum atomic E-state index is -3.85. The molecule has 1 aromatic carbocycles. The summed E-state index contributed by atoms with van der Waals surface area (Å²) in [5.41, 5.74) is -0.319. The summed E-state index contributed by atoms with van der Waals surface area (Å²) in [4.78, 5) is 9.52. The van der Waals surface area contributed by atoms with Gasteiger partial charge in [-0.2, -0.15) is 0 Å². The number of nitrogens with zero attached hydrogens (tertiary/aromatic N) is 1. The van der Waals surface area contributed by atoms with E-state index in [0.29, 0.717) is 5.41 Å². The Morgan fingerprint density at radius 2 is 2.00 bits per heavy atom. The predicted octanol–water partition coefficient (Wildman–Crippen LogP) is 2.65. The Kier molecular flexibility index (Phi) is 3.90. The molecule has 1 aromatic rings. The molecule has 86 valence electrons. The first-order valence-electron chi connectivity index (χ1n) is 3.85. The van der Waals surface area contributed by atoms with Crippen molar-refractivity contribution in [2.24, 2.45) is 0 Å². The third-order valence-electron chi connectivity index (χ3n) is 1.60. The third kappa shape index (κ3) is 3.19. The van der Waals surface area contributed by atoms with Gasteiger partial charge in [0.15, 0.2) is 0 Å². The van der Waals surface area contributed by atoms with Crippen molar-refractivity contribution in [1.29, 1.82) is 0 Å². The van der Waals surface area contributed by atoms with Gasteiger partial charge in [-0.05, 0) is 6.07 Å². The van der Waals surface area contributed by atoms with Gasteiger partial charge in [0.2, 0.25) is 9.84 Å². The molecule has 0 saturated carbocycles. The van der Waals surface area contributed by atoms with Crippen molar-refractivity contribution in [2.75, 3.05) is 0 Å². The lowest BCUT2D eigenvalue weighted by atomic mass is 10.3. The Morgan fingerprint density at radius 3 is 2.50 bits per heavy atom. The Labute approximate surface area is 101 Å². The fourth-order valence-electron chi connectivity index (χ4n) is 0.959. The molecule has 0 aliphatic heterocycles. The van der Waals surface area contributed by atoms with Crippen molar-refractivity contribution < 1.29 is 13.3 Å². The SMILES string of the molecule is O=[N+]([O-])c1cccc(S(=O)(=O)C=C(Cl)Cl)c1. The fraction of sp³-hybridized carbons (Fsp3) is 0. The molecule has 8 heteroatoms. The molecule has 0 amide bonds. The van der Waals surface area contributed by atoms with Crippen LogP contribution in [0.5, 0.6) is 0 Å². The minimum Gasteiger partial charge on any atom is -0.258 e. The molecule has 16 heavy (non-hydrogen) atoms. The van der Waals surface area contributed by atoms with Crippen molar-refractivity contribution in [3.05, 3.63) is 44.3 Å². The summed E-state index contributed by atoms with van der Waals surface area (Å²) < 4.78 is 22.7. The molecular weight excluding hydrogens is 277 g/mol. The zero-order chi connectivity index (χ0) is 12.3. The minimum absolute atomic E-state index is 0.236. The highest BCUT2D eigenvalue weighted by Crippen LogP contribution is 2.21. The summed E-state index contributed by atoms with van der Waals surface area (Å²) in [7, 11) is -3.85. The van der Waals surface area contributed by atoms with Crippen LogP contribution in [-0.2, 0) is 9.84 Å². The Hall–Kier alpha value is -1.11. The summed E-state index contributed by atoms with van der Waals surface area (Å²) in [5, 5.41) is 11.1. The number of benzene rings is 1. The number of rotatable bonds is 3. The van der Waals surface area contributed by atoms with Crippen LogP contribution in [0.25, 0.3) is 0 Å². The molecule has 0 aliphatic carbocycles. The van der Waals surface area contributed by atoms with Gasteiger partial charge in [0.05, 0.1) is 15.2 Å². The predicted molar refractivity (Wildman–Crippen MR) is 60.1 cm³/mol. The standard InChI is InChI=1S/C8H5Cl2NO4S/c9-8(10)5-16(14,15)7-3-1-2-6(4-7)11(12)13/h1-5H. The summed E-state index contributed by atoms with van der Waals surface area (Å²) in [6.07, 6.45) is 0. The summed E-state index contributed by atoms with van der Waals surface area (Å²) in [6.45, 7) is 0. The summed E-state index contributed by atoms with van der Waals surface area (Å²) in [5.74, 6) is 0. The zero-order valence-electron chi connectivity index (χ0n) is 7.63. The highest BCUT2D eigenvalue weighted by molar-refractivity contribution is 7.94. The van der Waals surface area contributed by atoms with E-state index in [2.05, 4.69) is 0 Å². The average Bonchev–Trinajstić information content (AvgIpc) is 2.16. The summed E-state index contributed by atoms with van der Waals surface area (Å²) >= 11 is 10.5. The number of hydrogen-bond donors (Lipinski definition) is 0. The summed E-state index contributed by atoms with van der Waals surface area (Å²) in [6, 6.07) is 4.60. The van der Waals surface area contributed by atoms with Crippen molar-refractivity contribution in [3.63, 3.8) is 0 Å². The topological polar surface area (TPSA) is 77.3 Å². The number of halogens is 2. The molecule has 0 N–H and O–H groups in total. The molecular formula is C8H5Cl2NO4S. The van der Waals surface area contributed by atoms with E-state index in [1.54, 1.807) is 0 Å². The third-order valence-corrected chi connectivity index (χ3v) is 3.54.